The number of aryl methyl sites for hydroxylation is 3. The van der Waals surface area contributed by atoms with Crippen molar-refractivity contribution in [2.75, 3.05) is 18.1 Å². The minimum atomic E-state index is -1.07. The molecular formula is C39H34N2O4. The van der Waals surface area contributed by atoms with Crippen LogP contribution in [0.3, 0.4) is 0 Å². The van der Waals surface area contributed by atoms with E-state index in [2.05, 4.69) is 36.5 Å². The number of nitrogens with one attached hydrogen (secondary N) is 1. The Morgan fingerprint density at radius 2 is 1.04 bits per heavy atom. The second-order valence-corrected chi connectivity index (χ2v) is 11.1. The molecule has 0 heterocycles. The smallest absolute Gasteiger partial charge is 0.336 e. The van der Waals surface area contributed by atoms with Crippen molar-refractivity contribution in [3.63, 3.8) is 0 Å². The van der Waals surface area contributed by atoms with Gasteiger partial charge in [-0.1, -0.05) is 77.9 Å². The number of carbonyl (C=O) groups is 3. The van der Waals surface area contributed by atoms with E-state index in [1.165, 1.54) is 16.8 Å². The number of carbonyl (C=O) groups excluding carboxylic acids is 2. The van der Waals surface area contributed by atoms with Crippen molar-refractivity contribution < 1.29 is 19.5 Å². The number of aldehydes is 2. The van der Waals surface area contributed by atoms with Gasteiger partial charge in [-0.2, -0.15) is 0 Å². The number of anilines is 2. The first-order valence-corrected chi connectivity index (χ1v) is 14.6. The second-order valence-electron chi connectivity index (χ2n) is 11.1. The molecule has 0 spiro atoms. The van der Waals surface area contributed by atoms with Crippen LogP contribution < -0.4 is 11.1 Å². The van der Waals surface area contributed by atoms with Gasteiger partial charge in [0.2, 0.25) is 0 Å². The van der Waals surface area contributed by atoms with E-state index in [1.807, 2.05) is 69.4 Å². The van der Waals surface area contributed by atoms with Gasteiger partial charge in [-0.3, -0.25) is 9.59 Å². The zero-order valence-corrected chi connectivity index (χ0v) is 25.6. The lowest BCUT2D eigenvalue weighted by Crippen LogP contribution is -2.01. The van der Waals surface area contributed by atoms with Gasteiger partial charge in [-0.05, 0) is 94.4 Å². The fourth-order valence-electron chi connectivity index (χ4n) is 5.78. The molecule has 0 fully saturated rings. The molecule has 0 unspecified atom stereocenters. The number of hydrogen-bond acceptors (Lipinski definition) is 5. The van der Waals surface area contributed by atoms with E-state index in [4.69, 9.17) is 5.73 Å². The van der Waals surface area contributed by atoms with E-state index < -0.39 is 5.97 Å². The molecule has 0 radical (unpaired) electrons. The molecule has 0 amide bonds. The Kier molecular flexibility index (Phi) is 8.77. The Bertz CT molecular complexity index is 2140. The van der Waals surface area contributed by atoms with Crippen molar-refractivity contribution in [3.05, 3.63) is 130 Å². The number of rotatable bonds is 4. The van der Waals surface area contributed by atoms with E-state index in [0.717, 1.165) is 55.2 Å². The number of aromatic carboxylic acids is 1. The molecule has 4 N–H and O–H groups in total. The lowest BCUT2D eigenvalue weighted by molar-refractivity contribution is 0.0699. The number of benzene rings is 7. The zero-order chi connectivity index (χ0) is 32.2. The summed E-state index contributed by atoms with van der Waals surface area (Å²) in [6, 6.07) is 30.7. The Labute approximate surface area is 261 Å². The topological polar surface area (TPSA) is 109 Å². The van der Waals surface area contributed by atoms with Crippen LogP contribution >= 0.6 is 0 Å². The fraction of sp³-hybridized carbons (Fsp3) is 0.103. The van der Waals surface area contributed by atoms with Gasteiger partial charge in [0.05, 0.1) is 5.56 Å². The normalized spacial score (nSPS) is 10.7. The lowest BCUT2D eigenvalue weighted by atomic mass is 9.85. The highest BCUT2D eigenvalue weighted by Crippen LogP contribution is 2.43. The summed E-state index contributed by atoms with van der Waals surface area (Å²) in [5.41, 5.74) is 12.1. The van der Waals surface area contributed by atoms with Crippen LogP contribution in [0.15, 0.2) is 97.1 Å². The predicted molar refractivity (Wildman–Crippen MR) is 186 cm³/mol. The maximum atomic E-state index is 11.8. The summed E-state index contributed by atoms with van der Waals surface area (Å²) in [5.74, 6) is -1.07. The summed E-state index contributed by atoms with van der Waals surface area (Å²) in [5, 5.41) is 19.5. The van der Waals surface area contributed by atoms with E-state index in [-0.39, 0.29) is 5.56 Å². The average Bonchev–Trinajstić information content (AvgIpc) is 3.06. The fourth-order valence-corrected chi connectivity index (χ4v) is 5.78. The van der Waals surface area contributed by atoms with E-state index in [0.29, 0.717) is 22.8 Å². The van der Waals surface area contributed by atoms with Gasteiger partial charge in [0.15, 0.2) is 12.6 Å². The maximum absolute atomic E-state index is 11.8. The van der Waals surface area contributed by atoms with Crippen LogP contribution in [0.25, 0.3) is 43.1 Å². The summed E-state index contributed by atoms with van der Waals surface area (Å²) in [6.07, 6.45) is 1.56. The minimum Gasteiger partial charge on any atom is -0.478 e. The summed E-state index contributed by atoms with van der Waals surface area (Å²) >= 11 is 0. The Balaban J connectivity index is 0.000000192. The summed E-state index contributed by atoms with van der Waals surface area (Å²) < 4.78 is 0. The molecule has 0 aliphatic rings. The average molecular weight is 595 g/mol. The van der Waals surface area contributed by atoms with Gasteiger partial charge < -0.3 is 16.2 Å². The lowest BCUT2D eigenvalue weighted by Gasteiger charge is -2.18. The number of hydrogen-bond donors (Lipinski definition) is 3. The molecule has 0 aliphatic heterocycles. The molecule has 224 valence electrons. The molecule has 0 aliphatic carbocycles. The number of carboxylic acid groups (broad SMARTS) is 1. The molecule has 0 aromatic heterocycles. The molecule has 6 heteroatoms. The second kappa shape index (κ2) is 12.9. The van der Waals surface area contributed by atoms with Crippen molar-refractivity contribution in [1.29, 1.82) is 0 Å². The molecule has 0 bridgehead atoms. The highest BCUT2D eigenvalue weighted by Gasteiger charge is 2.20. The quantitative estimate of drug-likeness (QED) is 0.0812. The van der Waals surface area contributed by atoms with Gasteiger partial charge in [0, 0.05) is 34.9 Å². The van der Waals surface area contributed by atoms with Crippen molar-refractivity contribution in [2.45, 2.75) is 20.8 Å². The molecule has 0 atom stereocenters. The van der Waals surface area contributed by atoms with Crippen molar-refractivity contribution in [2.24, 2.45) is 0 Å². The third kappa shape index (κ3) is 5.91. The number of carboxylic acids is 1. The molecule has 7 aromatic carbocycles. The van der Waals surface area contributed by atoms with Gasteiger partial charge in [0.1, 0.15) is 0 Å². The SMILES string of the molecule is CNc1ccc(C)cc1.Cc1ccc(N)cc1.Cc1ccc2c3ccc(C=O)c4c(C(=O)O)ccc(c5ccc(C=O)c1c25)c43. The largest absolute Gasteiger partial charge is 0.478 e. The van der Waals surface area contributed by atoms with Crippen molar-refractivity contribution in [1.82, 2.24) is 0 Å². The van der Waals surface area contributed by atoms with Gasteiger partial charge in [-0.25, -0.2) is 4.79 Å². The van der Waals surface area contributed by atoms with Crippen molar-refractivity contribution in [3.8, 4) is 0 Å². The van der Waals surface area contributed by atoms with Crippen LogP contribution in [0.4, 0.5) is 11.4 Å². The number of nitrogen functional groups attached to an aromatic ring is 1. The molecule has 7 aromatic rings. The highest BCUT2D eigenvalue weighted by molar-refractivity contribution is 6.36. The van der Waals surface area contributed by atoms with E-state index in [9.17, 15) is 19.5 Å². The zero-order valence-electron chi connectivity index (χ0n) is 25.6. The molecule has 7 rings (SSSR count). The molecular weight excluding hydrogens is 560 g/mol. The van der Waals surface area contributed by atoms with E-state index in [1.54, 1.807) is 24.3 Å². The van der Waals surface area contributed by atoms with Gasteiger partial charge in [-0.15, -0.1) is 0 Å². The van der Waals surface area contributed by atoms with Crippen molar-refractivity contribution >= 4 is 73.0 Å². The number of nitrogens with two attached hydrogens (primary N) is 1. The van der Waals surface area contributed by atoms with Crippen LogP contribution in [-0.2, 0) is 0 Å². The first kappa shape index (κ1) is 30.7. The predicted octanol–water partition coefficient (Wildman–Crippen LogP) is 8.98. The monoisotopic (exact) mass is 594 g/mol. The first-order chi connectivity index (χ1) is 21.7. The van der Waals surface area contributed by atoms with Gasteiger partial charge in [0.25, 0.3) is 0 Å². The molecule has 0 saturated heterocycles. The Hall–Kier alpha value is -5.75. The van der Waals surface area contributed by atoms with E-state index >= 15 is 0 Å². The molecule has 0 saturated carbocycles. The summed E-state index contributed by atoms with van der Waals surface area (Å²) in [7, 11) is 1.92. The molecule has 6 nitrogen and oxygen atoms in total. The summed E-state index contributed by atoms with van der Waals surface area (Å²) in [4.78, 5) is 35.1. The number of fused-ring (bicyclic) bond motifs is 2. The Morgan fingerprint density at radius 1 is 0.600 bits per heavy atom. The standard InChI is InChI=1S/C24H14O4.C8H11N.C7H9N/c1-12-2-5-15-17-7-4-14(11-26)21-19(24(27)28)9-8-18(23(17)21)16-6-3-13(10-25)20(12)22(15)16;1-7-3-5-8(9-2)6-4-7;1-6-2-4-7(8)5-3-6/h2-11H,1H3,(H,27,28);3-6,9H,1-2H3;2-5H,8H2,1H3. The van der Waals surface area contributed by atoms with Crippen LogP contribution in [0.2, 0.25) is 0 Å². The van der Waals surface area contributed by atoms with Crippen LogP contribution in [-0.4, -0.2) is 30.7 Å². The van der Waals surface area contributed by atoms with Crippen LogP contribution in [0, 0.1) is 20.8 Å². The van der Waals surface area contributed by atoms with Crippen LogP contribution in [0.5, 0.6) is 0 Å². The first-order valence-electron chi connectivity index (χ1n) is 14.6. The third-order valence-corrected chi connectivity index (χ3v) is 8.08. The van der Waals surface area contributed by atoms with Gasteiger partial charge >= 0.3 is 5.97 Å². The van der Waals surface area contributed by atoms with Crippen LogP contribution in [0.1, 0.15) is 47.8 Å². The maximum Gasteiger partial charge on any atom is 0.336 e. The third-order valence-electron chi connectivity index (χ3n) is 8.08. The molecule has 45 heavy (non-hydrogen) atoms. The summed E-state index contributed by atoms with van der Waals surface area (Å²) in [6.45, 7) is 6.10. The minimum absolute atomic E-state index is 0.110. The highest BCUT2D eigenvalue weighted by atomic mass is 16.4. The Morgan fingerprint density at radius 3 is 1.51 bits per heavy atom.